The molecule has 5 nitrogen and oxygen atoms in total. The molecule has 0 aliphatic heterocycles. The summed E-state index contributed by atoms with van der Waals surface area (Å²) in [6, 6.07) is 8.50. The van der Waals surface area contributed by atoms with E-state index in [0.29, 0.717) is 50.4 Å². The maximum Gasteiger partial charge on any atom is 0.150 e. The van der Waals surface area contributed by atoms with Crippen molar-refractivity contribution in [3.05, 3.63) is 54.8 Å². The second-order valence-corrected chi connectivity index (χ2v) is 14.2. The molecule has 222 valence electrons. The van der Waals surface area contributed by atoms with Crippen molar-refractivity contribution >= 4 is 18.1 Å². The summed E-state index contributed by atoms with van der Waals surface area (Å²) in [5.41, 5.74) is 2.42. The lowest BCUT2D eigenvalue weighted by molar-refractivity contribution is 0.271. The molecule has 0 spiro atoms. The predicted molar refractivity (Wildman–Crippen MR) is 166 cm³/mol. The molecule has 1 aromatic carbocycles. The molecule has 1 heterocycles. The van der Waals surface area contributed by atoms with E-state index in [0.717, 1.165) is 67.0 Å². The van der Waals surface area contributed by atoms with Gasteiger partial charge in [-0.2, -0.15) is 0 Å². The minimum absolute atomic E-state index is 0.111. The molecule has 0 radical (unpaired) electrons. The molecule has 0 amide bonds. The van der Waals surface area contributed by atoms with Crippen LogP contribution in [-0.4, -0.2) is 53.4 Å². The van der Waals surface area contributed by atoms with E-state index in [1.165, 1.54) is 12.8 Å². The molecule has 5 saturated carbocycles. The first-order chi connectivity index (χ1) is 20.2. The third kappa shape index (κ3) is 5.11. The first-order valence-electron chi connectivity index (χ1n) is 15.9. The zero-order valence-corrected chi connectivity index (χ0v) is 24.9. The van der Waals surface area contributed by atoms with E-state index < -0.39 is 11.3 Å². The topological polar surface area (TPSA) is 53.7 Å². The lowest BCUT2D eigenvalue weighted by Crippen LogP contribution is -2.36. The minimum atomic E-state index is -1.25. The zero-order valence-electron chi connectivity index (χ0n) is 24.9. The third-order valence-corrected chi connectivity index (χ3v) is 11.1. The maximum atomic E-state index is 15.4. The standard InChI is InChI=1S/C35H43F2N5/c1-4-34(36)17-29(34)24(2)42(28-7-5-6-26(16-28)27-18-39-31(40-19-27)25-8-9-25)23-33-12-10-32(21-33,11-13-33)22-41-30(20-38-3)35(37)14-15-35/h5-7,16,18-19,25,29H,2-4,8-15,17,20-23H2,1H3/b41-30+. The molecule has 7 rings (SSSR count). The average molecular weight is 572 g/mol. The number of hydrogen-bond acceptors (Lipinski definition) is 5. The van der Waals surface area contributed by atoms with Crippen LogP contribution in [0.4, 0.5) is 14.5 Å². The molecular weight excluding hydrogens is 528 g/mol. The van der Waals surface area contributed by atoms with E-state index in [-0.39, 0.29) is 16.7 Å². The number of hydrogen-bond donors (Lipinski definition) is 0. The van der Waals surface area contributed by atoms with Crippen molar-refractivity contribution in [3.8, 4) is 11.1 Å². The smallest absolute Gasteiger partial charge is 0.150 e. The fourth-order valence-electron chi connectivity index (χ4n) is 7.85. The Labute approximate surface area is 248 Å². The van der Waals surface area contributed by atoms with Gasteiger partial charge in [-0.1, -0.05) is 25.6 Å². The Bertz CT molecular complexity index is 1400. The van der Waals surface area contributed by atoms with Crippen LogP contribution >= 0.6 is 0 Å². The molecule has 2 unspecified atom stereocenters. The van der Waals surface area contributed by atoms with Gasteiger partial charge in [-0.05, 0) is 106 Å². The number of alkyl halides is 2. The summed E-state index contributed by atoms with van der Waals surface area (Å²) in [4.78, 5) is 20.4. The van der Waals surface area contributed by atoms with Gasteiger partial charge in [-0.3, -0.25) is 9.98 Å². The monoisotopic (exact) mass is 571 g/mol. The summed E-state index contributed by atoms with van der Waals surface area (Å²) < 4.78 is 30.3. The van der Waals surface area contributed by atoms with E-state index in [1.807, 2.05) is 19.3 Å². The molecule has 2 aromatic rings. The molecular formula is C35H43F2N5. The van der Waals surface area contributed by atoms with Gasteiger partial charge in [0.1, 0.15) is 11.5 Å². The van der Waals surface area contributed by atoms with Crippen LogP contribution in [0.25, 0.3) is 11.1 Å². The Morgan fingerprint density at radius 2 is 1.74 bits per heavy atom. The Balaban J connectivity index is 1.13. The predicted octanol–water partition coefficient (Wildman–Crippen LogP) is 8.07. The molecule has 7 heteroatoms. The summed E-state index contributed by atoms with van der Waals surface area (Å²) in [6.07, 6.45) is 13.9. The molecule has 0 N–H and O–H groups in total. The number of benzene rings is 1. The first kappa shape index (κ1) is 27.8. The summed E-state index contributed by atoms with van der Waals surface area (Å²) in [5, 5.41) is 0. The first-order valence-corrected chi connectivity index (χ1v) is 15.9. The molecule has 1 aromatic heterocycles. The van der Waals surface area contributed by atoms with Crippen molar-refractivity contribution in [2.24, 2.45) is 26.7 Å². The number of aromatic nitrogens is 2. The highest BCUT2D eigenvalue weighted by Gasteiger charge is 2.59. The van der Waals surface area contributed by atoms with Crippen LogP contribution in [0.3, 0.4) is 0 Å². The second-order valence-electron chi connectivity index (χ2n) is 14.2. The van der Waals surface area contributed by atoms with Gasteiger partial charge in [-0.15, -0.1) is 0 Å². The number of allylic oxidation sites excluding steroid dienone is 1. The van der Waals surface area contributed by atoms with Crippen LogP contribution in [-0.2, 0) is 0 Å². The largest absolute Gasteiger partial charge is 0.345 e. The van der Waals surface area contributed by atoms with E-state index in [9.17, 15) is 4.39 Å². The van der Waals surface area contributed by atoms with Gasteiger partial charge in [-0.25, -0.2) is 18.7 Å². The highest BCUT2D eigenvalue weighted by atomic mass is 19.1. The van der Waals surface area contributed by atoms with Gasteiger partial charge in [0.05, 0.1) is 12.3 Å². The van der Waals surface area contributed by atoms with Crippen LogP contribution in [0.5, 0.6) is 0 Å². The molecule has 5 fully saturated rings. The summed E-state index contributed by atoms with van der Waals surface area (Å²) in [5.74, 6) is 1.32. The van der Waals surface area contributed by atoms with Gasteiger partial charge >= 0.3 is 0 Å². The number of anilines is 1. The average Bonchev–Trinajstić information content (AvgIpc) is 3.97. The van der Waals surface area contributed by atoms with Crippen LogP contribution in [0.1, 0.15) is 89.3 Å². The van der Waals surface area contributed by atoms with Crippen LogP contribution in [0, 0.1) is 16.7 Å². The quantitative estimate of drug-likeness (QED) is 0.229. The van der Waals surface area contributed by atoms with Gasteiger partial charge in [0, 0.05) is 54.3 Å². The highest BCUT2D eigenvalue weighted by Crippen LogP contribution is 2.63. The molecule has 2 bridgehead atoms. The number of aliphatic imine (C=N–C) groups is 2. The van der Waals surface area contributed by atoms with E-state index in [1.54, 1.807) is 0 Å². The number of nitrogens with zero attached hydrogens (tertiary/aromatic N) is 5. The van der Waals surface area contributed by atoms with E-state index in [2.05, 4.69) is 57.4 Å². The summed E-state index contributed by atoms with van der Waals surface area (Å²) in [6.45, 7) is 11.8. The van der Waals surface area contributed by atoms with Crippen molar-refractivity contribution in [3.63, 3.8) is 0 Å². The lowest BCUT2D eigenvalue weighted by atomic mass is 9.81. The normalized spacial score (nSPS) is 32.5. The van der Waals surface area contributed by atoms with Crippen LogP contribution in [0.2, 0.25) is 0 Å². The fraction of sp³-hybridized carbons (Fsp3) is 0.600. The van der Waals surface area contributed by atoms with Gasteiger partial charge < -0.3 is 4.90 Å². The van der Waals surface area contributed by atoms with Crippen molar-refractivity contribution in [1.82, 2.24) is 9.97 Å². The zero-order chi connectivity index (χ0) is 29.2. The van der Waals surface area contributed by atoms with Crippen LogP contribution in [0.15, 0.2) is 58.9 Å². The second kappa shape index (κ2) is 10.1. The van der Waals surface area contributed by atoms with Gasteiger partial charge in [0.25, 0.3) is 0 Å². The fourth-order valence-corrected chi connectivity index (χ4v) is 7.85. The molecule has 5 aliphatic rings. The Kier molecular flexibility index (Phi) is 6.67. The third-order valence-electron chi connectivity index (χ3n) is 11.1. The number of halogens is 2. The van der Waals surface area contributed by atoms with Crippen molar-refractivity contribution in [2.75, 3.05) is 24.5 Å². The van der Waals surface area contributed by atoms with E-state index in [4.69, 9.17) is 4.99 Å². The number of rotatable bonds is 13. The SMILES string of the molecule is C=NC/C(=N\CC12CCC(CN(C(=C)C3CC3(F)CC)c3cccc(-c4cnc(C5CC5)nc4)c3)(CC1)C2)C1(F)CC1. The Morgan fingerprint density at radius 1 is 1.02 bits per heavy atom. The summed E-state index contributed by atoms with van der Waals surface area (Å²) in [7, 11) is 0. The Hall–Kier alpha value is -2.96. The molecule has 5 aliphatic carbocycles. The maximum absolute atomic E-state index is 15.4. The molecule has 0 saturated heterocycles. The van der Waals surface area contributed by atoms with Crippen molar-refractivity contribution < 1.29 is 8.78 Å². The molecule has 42 heavy (non-hydrogen) atoms. The van der Waals surface area contributed by atoms with Crippen molar-refractivity contribution in [1.29, 1.82) is 0 Å². The van der Waals surface area contributed by atoms with Gasteiger partial charge in [0.15, 0.2) is 5.67 Å². The summed E-state index contributed by atoms with van der Waals surface area (Å²) >= 11 is 0. The van der Waals surface area contributed by atoms with Crippen LogP contribution < -0.4 is 4.90 Å². The van der Waals surface area contributed by atoms with E-state index >= 15 is 4.39 Å². The lowest BCUT2D eigenvalue weighted by Gasteiger charge is -2.37. The van der Waals surface area contributed by atoms with Gasteiger partial charge in [0.2, 0.25) is 0 Å². The minimum Gasteiger partial charge on any atom is -0.345 e. The Morgan fingerprint density at radius 3 is 2.36 bits per heavy atom. The van der Waals surface area contributed by atoms with Crippen molar-refractivity contribution in [2.45, 2.75) is 94.8 Å². The molecule has 2 atom stereocenters. The number of fused-ring (bicyclic) bond motifs is 2. The highest BCUT2D eigenvalue weighted by molar-refractivity contribution is 5.97.